The van der Waals surface area contributed by atoms with E-state index in [-0.39, 0.29) is 6.61 Å². The van der Waals surface area contributed by atoms with E-state index in [1.54, 1.807) is 0 Å². The molecule has 0 aromatic carbocycles. The molecule has 0 N–H and O–H groups in total. The Hall–Kier alpha value is -2.10. The Morgan fingerprint density at radius 3 is 2.76 bits per heavy atom. The zero-order chi connectivity index (χ0) is 13.0. The van der Waals surface area contributed by atoms with Crippen LogP contribution in [0.15, 0.2) is 6.07 Å². The predicted octanol–water partition coefficient (Wildman–Crippen LogP) is 2.21. The van der Waals surface area contributed by atoms with Crippen molar-refractivity contribution in [1.29, 1.82) is 5.26 Å². The summed E-state index contributed by atoms with van der Waals surface area (Å²) in [7, 11) is 0. The lowest BCUT2D eigenvalue weighted by Crippen LogP contribution is -2.11. The molecule has 0 fully saturated rings. The number of ether oxygens (including phenoxy) is 1. The van der Waals surface area contributed by atoms with Crippen molar-refractivity contribution in [3.8, 4) is 6.07 Å². The van der Waals surface area contributed by atoms with E-state index in [0.717, 1.165) is 0 Å². The Kier molecular flexibility index (Phi) is 4.04. The van der Waals surface area contributed by atoms with Gasteiger partial charge in [-0.25, -0.2) is 22.9 Å². The third-order valence-corrected chi connectivity index (χ3v) is 1.80. The van der Waals surface area contributed by atoms with E-state index in [1.165, 1.54) is 13.0 Å². The highest BCUT2D eigenvalue weighted by Crippen LogP contribution is 2.21. The van der Waals surface area contributed by atoms with Crippen LogP contribution in [0.25, 0.3) is 0 Å². The second kappa shape index (κ2) is 5.30. The first kappa shape index (κ1) is 13.0. The van der Waals surface area contributed by atoms with Crippen LogP contribution < -0.4 is 0 Å². The number of hydrogen-bond acceptors (Lipinski definition) is 4. The van der Waals surface area contributed by atoms with Gasteiger partial charge in [0.1, 0.15) is 17.3 Å². The summed E-state index contributed by atoms with van der Waals surface area (Å²) >= 11 is 0. The molecular formula is C10H7F3N2O2. The van der Waals surface area contributed by atoms with Crippen molar-refractivity contribution in [2.75, 3.05) is 6.61 Å². The van der Waals surface area contributed by atoms with Crippen LogP contribution in [-0.4, -0.2) is 17.6 Å². The Morgan fingerprint density at radius 2 is 2.29 bits per heavy atom. The fraction of sp³-hybridized carbons (Fsp3) is 0.300. The molecule has 0 aliphatic rings. The smallest absolute Gasteiger partial charge is 0.341 e. The topological polar surface area (TPSA) is 63.0 Å². The summed E-state index contributed by atoms with van der Waals surface area (Å²) in [6, 6.07) is 1.88. The minimum Gasteiger partial charge on any atom is -0.462 e. The van der Waals surface area contributed by atoms with E-state index < -0.39 is 35.2 Å². The molecule has 0 saturated heterocycles. The van der Waals surface area contributed by atoms with Crippen molar-refractivity contribution in [3.63, 3.8) is 0 Å². The average Bonchev–Trinajstić information content (AvgIpc) is 2.29. The second-order valence-corrected chi connectivity index (χ2v) is 2.89. The number of nitriles is 1. The number of carbonyl (C=O) groups excluding carboxylic acids is 1. The first-order valence-corrected chi connectivity index (χ1v) is 4.57. The van der Waals surface area contributed by atoms with Gasteiger partial charge in [-0.1, -0.05) is 0 Å². The molecule has 0 unspecified atom stereocenters. The highest BCUT2D eigenvalue weighted by molar-refractivity contribution is 5.90. The van der Waals surface area contributed by atoms with Crippen LogP contribution in [0.3, 0.4) is 0 Å². The molecule has 0 saturated carbocycles. The first-order chi connectivity index (χ1) is 8.01. The summed E-state index contributed by atoms with van der Waals surface area (Å²) in [6.07, 6.45) is -3.00. The summed E-state index contributed by atoms with van der Waals surface area (Å²) < 4.78 is 42.7. The van der Waals surface area contributed by atoms with Crippen LogP contribution in [0.1, 0.15) is 35.1 Å². The predicted molar refractivity (Wildman–Crippen MR) is 49.8 cm³/mol. The number of carbonyl (C=O) groups is 1. The van der Waals surface area contributed by atoms with Crippen molar-refractivity contribution < 1.29 is 22.7 Å². The lowest BCUT2D eigenvalue weighted by atomic mass is 10.2. The van der Waals surface area contributed by atoms with Crippen molar-refractivity contribution >= 4 is 5.97 Å². The number of esters is 1. The number of halogens is 3. The van der Waals surface area contributed by atoms with E-state index in [4.69, 9.17) is 5.26 Å². The molecule has 17 heavy (non-hydrogen) atoms. The number of rotatable bonds is 3. The fourth-order valence-electron chi connectivity index (χ4n) is 1.09. The van der Waals surface area contributed by atoms with Gasteiger partial charge in [0.15, 0.2) is 11.5 Å². The highest BCUT2D eigenvalue weighted by Gasteiger charge is 2.22. The quantitative estimate of drug-likeness (QED) is 0.764. The SMILES string of the molecule is CCOC(=O)c1cc(C(F)F)nc(C#N)c1F. The molecule has 0 aliphatic heterocycles. The van der Waals surface area contributed by atoms with E-state index in [1.807, 2.05) is 0 Å². The molecule has 1 rings (SSSR count). The van der Waals surface area contributed by atoms with Crippen molar-refractivity contribution in [2.45, 2.75) is 13.3 Å². The van der Waals surface area contributed by atoms with Crippen LogP contribution in [-0.2, 0) is 4.74 Å². The number of hydrogen-bond donors (Lipinski definition) is 0. The molecule has 0 aliphatic carbocycles. The van der Waals surface area contributed by atoms with E-state index >= 15 is 0 Å². The first-order valence-electron chi connectivity index (χ1n) is 4.57. The van der Waals surface area contributed by atoms with Gasteiger partial charge in [-0.2, -0.15) is 5.26 Å². The fourth-order valence-corrected chi connectivity index (χ4v) is 1.09. The number of nitrogens with zero attached hydrogens (tertiary/aromatic N) is 2. The molecule has 1 aromatic heterocycles. The third-order valence-electron chi connectivity index (χ3n) is 1.80. The maximum Gasteiger partial charge on any atom is 0.341 e. The Labute approximate surface area is 94.6 Å². The summed E-state index contributed by atoms with van der Waals surface area (Å²) in [4.78, 5) is 14.4. The molecule has 7 heteroatoms. The van der Waals surface area contributed by atoms with E-state index in [2.05, 4.69) is 9.72 Å². The zero-order valence-electron chi connectivity index (χ0n) is 8.71. The summed E-state index contributed by atoms with van der Waals surface area (Å²) in [6.45, 7) is 1.45. The molecule has 0 atom stereocenters. The monoisotopic (exact) mass is 244 g/mol. The van der Waals surface area contributed by atoms with Crippen molar-refractivity contribution in [3.05, 3.63) is 28.8 Å². The Balaban J connectivity index is 3.33. The van der Waals surface area contributed by atoms with E-state index in [9.17, 15) is 18.0 Å². The van der Waals surface area contributed by atoms with Gasteiger partial charge in [0.25, 0.3) is 6.43 Å². The summed E-state index contributed by atoms with van der Waals surface area (Å²) in [5.74, 6) is -2.36. The molecule has 4 nitrogen and oxygen atoms in total. The highest BCUT2D eigenvalue weighted by atomic mass is 19.3. The zero-order valence-corrected chi connectivity index (χ0v) is 8.71. The molecule has 0 amide bonds. The van der Waals surface area contributed by atoms with Gasteiger partial charge < -0.3 is 4.74 Å². The van der Waals surface area contributed by atoms with E-state index in [0.29, 0.717) is 6.07 Å². The average molecular weight is 244 g/mol. The molecule has 1 heterocycles. The summed E-state index contributed by atoms with van der Waals surface area (Å²) in [5, 5.41) is 8.51. The lowest BCUT2D eigenvalue weighted by molar-refractivity contribution is 0.0520. The molecule has 0 radical (unpaired) electrons. The minimum atomic E-state index is -3.00. The minimum absolute atomic E-state index is 0.0352. The van der Waals surface area contributed by atoms with Crippen molar-refractivity contribution in [2.24, 2.45) is 0 Å². The third kappa shape index (κ3) is 2.72. The van der Waals surface area contributed by atoms with Crippen LogP contribution in [0, 0.1) is 17.1 Å². The van der Waals surface area contributed by atoms with Crippen molar-refractivity contribution in [1.82, 2.24) is 4.98 Å². The van der Waals surface area contributed by atoms with Crippen LogP contribution in [0.2, 0.25) is 0 Å². The molecule has 0 bridgehead atoms. The molecular weight excluding hydrogens is 237 g/mol. The van der Waals surface area contributed by atoms with Gasteiger partial charge >= 0.3 is 5.97 Å². The number of pyridine rings is 1. The standard InChI is InChI=1S/C10H7F3N2O2/c1-2-17-10(16)5-3-6(9(12)13)15-7(4-14)8(5)11/h3,9H,2H2,1H3. The normalized spacial score (nSPS) is 10.1. The Morgan fingerprint density at radius 1 is 1.65 bits per heavy atom. The molecule has 1 aromatic rings. The van der Waals surface area contributed by atoms with Gasteiger partial charge in [0.2, 0.25) is 0 Å². The molecule has 90 valence electrons. The number of aromatic nitrogens is 1. The maximum absolute atomic E-state index is 13.5. The van der Waals surface area contributed by atoms with Crippen LogP contribution >= 0.6 is 0 Å². The van der Waals surface area contributed by atoms with Gasteiger partial charge in [-0.15, -0.1) is 0 Å². The molecule has 0 spiro atoms. The van der Waals surface area contributed by atoms with Gasteiger partial charge in [0.05, 0.1) is 6.61 Å². The van der Waals surface area contributed by atoms with Gasteiger partial charge in [-0.3, -0.25) is 0 Å². The van der Waals surface area contributed by atoms with Crippen LogP contribution in [0.5, 0.6) is 0 Å². The maximum atomic E-state index is 13.5. The Bertz CT molecular complexity index is 483. The largest absolute Gasteiger partial charge is 0.462 e. The van der Waals surface area contributed by atoms with Gasteiger partial charge in [0, 0.05) is 0 Å². The second-order valence-electron chi connectivity index (χ2n) is 2.89. The van der Waals surface area contributed by atoms with Gasteiger partial charge in [-0.05, 0) is 13.0 Å². The summed E-state index contributed by atoms with van der Waals surface area (Å²) in [5.41, 5.74) is -2.41. The number of alkyl halides is 2. The lowest BCUT2D eigenvalue weighted by Gasteiger charge is -2.06. The van der Waals surface area contributed by atoms with Crippen LogP contribution in [0.4, 0.5) is 13.2 Å².